The highest BCUT2D eigenvalue weighted by atomic mass is 16.6. The number of aliphatic hydroxyl groups is 1. The topological polar surface area (TPSA) is 55.8 Å². The van der Waals surface area contributed by atoms with E-state index >= 15 is 0 Å². The van der Waals surface area contributed by atoms with Crippen LogP contribution in [0.4, 0.5) is 0 Å². The fourth-order valence-electron chi connectivity index (χ4n) is 2.17. The lowest BCUT2D eigenvalue weighted by Gasteiger charge is -2.42. The van der Waals surface area contributed by atoms with E-state index in [1.54, 1.807) is 0 Å². The van der Waals surface area contributed by atoms with Gasteiger partial charge in [0.15, 0.2) is 0 Å². The highest BCUT2D eigenvalue weighted by molar-refractivity contribution is 5.66. The van der Waals surface area contributed by atoms with Gasteiger partial charge in [-0.05, 0) is 46.0 Å². The van der Waals surface area contributed by atoms with Gasteiger partial charge in [-0.25, -0.2) is 0 Å². The summed E-state index contributed by atoms with van der Waals surface area (Å²) >= 11 is 0. The Morgan fingerprint density at radius 1 is 1.00 bits per heavy atom. The van der Waals surface area contributed by atoms with E-state index in [9.17, 15) is 4.79 Å². The third-order valence-corrected chi connectivity index (χ3v) is 4.43. The van der Waals surface area contributed by atoms with Gasteiger partial charge in [-0.3, -0.25) is 4.79 Å². The molecule has 0 unspecified atom stereocenters. The van der Waals surface area contributed by atoms with Crippen LogP contribution in [0.25, 0.3) is 0 Å². The number of unbranched alkanes of at least 4 members (excludes halogenated alkanes) is 1. The number of carbonyl (C=O) groups excluding carboxylic acids is 1. The van der Waals surface area contributed by atoms with Crippen molar-refractivity contribution >= 4 is 5.97 Å². The average molecular weight is 302 g/mol. The van der Waals surface area contributed by atoms with E-state index in [0.717, 1.165) is 19.3 Å². The molecule has 0 saturated heterocycles. The third kappa shape index (κ3) is 7.82. The summed E-state index contributed by atoms with van der Waals surface area (Å²) in [4.78, 5) is 11.0. The lowest BCUT2D eigenvalue weighted by Crippen LogP contribution is -2.43. The fourth-order valence-corrected chi connectivity index (χ4v) is 2.17. The molecule has 0 aliphatic rings. The molecule has 0 rings (SSSR count). The number of rotatable bonds is 10. The minimum atomic E-state index is -0.497. The number of ether oxygens (including phenoxy) is 2. The van der Waals surface area contributed by atoms with E-state index in [4.69, 9.17) is 14.6 Å². The van der Waals surface area contributed by atoms with Gasteiger partial charge in [0.05, 0.1) is 12.2 Å². The molecule has 0 spiro atoms. The van der Waals surface area contributed by atoms with Gasteiger partial charge in [0, 0.05) is 20.0 Å². The molecule has 0 aromatic rings. The first kappa shape index (κ1) is 20.4. The molecule has 0 bridgehead atoms. The summed E-state index contributed by atoms with van der Waals surface area (Å²) in [5, 5.41) is 8.90. The molecule has 0 heterocycles. The molecule has 0 amide bonds. The molecule has 0 radical (unpaired) electrons. The number of carbonyl (C=O) groups is 1. The molecule has 4 nitrogen and oxygen atoms in total. The van der Waals surface area contributed by atoms with Gasteiger partial charge >= 0.3 is 5.97 Å². The molecule has 0 fully saturated rings. The molecule has 21 heavy (non-hydrogen) atoms. The van der Waals surface area contributed by atoms with Gasteiger partial charge in [0.25, 0.3) is 0 Å². The standard InChI is InChI=1S/C17H34O4/c1-14(19)21-16(4,5)11-13-20-17(6,7)15(2,3)10-8-9-12-18/h18H,8-13H2,1-7H3. The Hall–Kier alpha value is -0.610. The summed E-state index contributed by atoms with van der Waals surface area (Å²) in [6.07, 6.45) is 3.50. The zero-order chi connectivity index (χ0) is 16.7. The Kier molecular flexibility index (Phi) is 7.90. The molecule has 4 heteroatoms. The van der Waals surface area contributed by atoms with Crippen LogP contribution in [-0.4, -0.2) is 35.5 Å². The normalized spacial score (nSPS) is 13.3. The van der Waals surface area contributed by atoms with Crippen molar-refractivity contribution in [1.82, 2.24) is 0 Å². The molecule has 0 aromatic carbocycles. The SMILES string of the molecule is CC(=O)OC(C)(C)CCOC(C)(C)C(C)(C)CCCCO. The van der Waals surface area contributed by atoms with E-state index in [1.165, 1.54) is 6.92 Å². The van der Waals surface area contributed by atoms with Gasteiger partial charge in [0.2, 0.25) is 0 Å². The van der Waals surface area contributed by atoms with Crippen LogP contribution in [0.15, 0.2) is 0 Å². The van der Waals surface area contributed by atoms with Crippen molar-refractivity contribution < 1.29 is 19.4 Å². The Bertz CT molecular complexity index is 319. The van der Waals surface area contributed by atoms with Crippen LogP contribution in [0.1, 0.15) is 74.1 Å². The van der Waals surface area contributed by atoms with Gasteiger partial charge in [-0.1, -0.05) is 20.3 Å². The van der Waals surface area contributed by atoms with Gasteiger partial charge in [0.1, 0.15) is 5.60 Å². The summed E-state index contributed by atoms with van der Waals surface area (Å²) in [5.41, 5.74) is -0.745. The van der Waals surface area contributed by atoms with Gasteiger partial charge in [-0.15, -0.1) is 0 Å². The highest BCUT2D eigenvalue weighted by Gasteiger charge is 2.37. The summed E-state index contributed by atoms with van der Waals surface area (Å²) in [6.45, 7) is 14.6. The molecule has 0 atom stereocenters. The van der Waals surface area contributed by atoms with Crippen molar-refractivity contribution in [3.8, 4) is 0 Å². The lowest BCUT2D eigenvalue weighted by molar-refractivity contribution is -0.158. The number of esters is 1. The maximum absolute atomic E-state index is 11.0. The highest BCUT2D eigenvalue weighted by Crippen LogP contribution is 2.38. The Morgan fingerprint density at radius 2 is 1.57 bits per heavy atom. The van der Waals surface area contributed by atoms with Crippen molar-refractivity contribution in [2.75, 3.05) is 13.2 Å². The average Bonchev–Trinajstić information content (AvgIpc) is 2.26. The summed E-state index contributed by atoms with van der Waals surface area (Å²) in [6, 6.07) is 0. The fraction of sp³-hybridized carbons (Fsp3) is 0.941. The van der Waals surface area contributed by atoms with E-state index in [0.29, 0.717) is 13.0 Å². The minimum Gasteiger partial charge on any atom is -0.460 e. The molecule has 0 saturated carbocycles. The van der Waals surface area contributed by atoms with Crippen LogP contribution in [0.5, 0.6) is 0 Å². The second-order valence-corrected chi connectivity index (χ2v) is 7.53. The monoisotopic (exact) mass is 302 g/mol. The molecule has 0 aliphatic heterocycles. The van der Waals surface area contributed by atoms with Crippen molar-refractivity contribution in [2.24, 2.45) is 5.41 Å². The first-order chi connectivity index (χ1) is 9.43. The van der Waals surface area contributed by atoms with Crippen LogP contribution >= 0.6 is 0 Å². The smallest absolute Gasteiger partial charge is 0.303 e. The Labute approximate surface area is 130 Å². The van der Waals surface area contributed by atoms with Crippen LogP contribution in [0.3, 0.4) is 0 Å². The van der Waals surface area contributed by atoms with Crippen molar-refractivity contribution in [3.63, 3.8) is 0 Å². The van der Waals surface area contributed by atoms with Gasteiger partial charge in [-0.2, -0.15) is 0 Å². The Balaban J connectivity index is 4.37. The molecular formula is C17H34O4. The maximum atomic E-state index is 11.0. The number of aliphatic hydroxyl groups excluding tert-OH is 1. The quantitative estimate of drug-likeness (QED) is 0.494. The predicted molar refractivity (Wildman–Crippen MR) is 85.2 cm³/mol. The zero-order valence-corrected chi connectivity index (χ0v) is 14.9. The van der Waals surface area contributed by atoms with Crippen molar-refractivity contribution in [3.05, 3.63) is 0 Å². The maximum Gasteiger partial charge on any atom is 0.303 e. The second kappa shape index (κ2) is 8.14. The van der Waals surface area contributed by atoms with Crippen molar-refractivity contribution in [1.29, 1.82) is 0 Å². The minimum absolute atomic E-state index is 0.0216. The van der Waals surface area contributed by atoms with E-state index in [1.807, 2.05) is 13.8 Å². The third-order valence-electron chi connectivity index (χ3n) is 4.43. The largest absolute Gasteiger partial charge is 0.460 e. The number of hydrogen-bond acceptors (Lipinski definition) is 4. The summed E-state index contributed by atoms with van der Waals surface area (Å²) in [7, 11) is 0. The van der Waals surface area contributed by atoms with Gasteiger partial charge < -0.3 is 14.6 Å². The molecular weight excluding hydrogens is 268 g/mol. The van der Waals surface area contributed by atoms with E-state index < -0.39 is 5.60 Å². The second-order valence-electron chi connectivity index (χ2n) is 7.53. The summed E-state index contributed by atoms with van der Waals surface area (Å²) < 4.78 is 11.4. The van der Waals surface area contributed by atoms with E-state index in [-0.39, 0.29) is 23.6 Å². The molecule has 126 valence electrons. The molecule has 1 N–H and O–H groups in total. The molecule has 0 aliphatic carbocycles. The first-order valence-corrected chi connectivity index (χ1v) is 7.88. The predicted octanol–water partition coefficient (Wildman–Crippen LogP) is 3.70. The van der Waals surface area contributed by atoms with Crippen molar-refractivity contribution in [2.45, 2.75) is 85.4 Å². The zero-order valence-electron chi connectivity index (χ0n) is 14.9. The van der Waals surface area contributed by atoms with Crippen LogP contribution < -0.4 is 0 Å². The molecule has 0 aromatic heterocycles. The Morgan fingerprint density at radius 3 is 2.05 bits per heavy atom. The van der Waals surface area contributed by atoms with Crippen LogP contribution in [0, 0.1) is 5.41 Å². The lowest BCUT2D eigenvalue weighted by atomic mass is 9.73. The first-order valence-electron chi connectivity index (χ1n) is 7.88. The number of hydrogen-bond donors (Lipinski definition) is 1. The van der Waals surface area contributed by atoms with Crippen LogP contribution in [-0.2, 0) is 14.3 Å². The van der Waals surface area contributed by atoms with Crippen LogP contribution in [0.2, 0.25) is 0 Å². The van der Waals surface area contributed by atoms with E-state index in [2.05, 4.69) is 27.7 Å². The summed E-state index contributed by atoms with van der Waals surface area (Å²) in [5.74, 6) is -0.261.